The van der Waals surface area contributed by atoms with Crippen molar-refractivity contribution in [3.8, 4) is 0 Å². The molecule has 1 aromatic carbocycles. The van der Waals surface area contributed by atoms with Gasteiger partial charge in [-0.15, -0.1) is 0 Å². The van der Waals surface area contributed by atoms with Crippen LogP contribution < -0.4 is 16.0 Å². The fourth-order valence-corrected chi connectivity index (χ4v) is 4.66. The molecule has 3 amide bonds. The third-order valence-corrected chi connectivity index (χ3v) is 6.43. The van der Waals surface area contributed by atoms with E-state index in [0.717, 1.165) is 50.1 Å². The molecule has 170 valence electrons. The number of benzene rings is 1. The van der Waals surface area contributed by atoms with Gasteiger partial charge in [0.25, 0.3) is 0 Å². The Labute approximate surface area is 183 Å². The molecule has 0 radical (unpaired) electrons. The van der Waals surface area contributed by atoms with Crippen LogP contribution in [0.5, 0.6) is 0 Å². The minimum atomic E-state index is -0.225. The quantitative estimate of drug-likeness (QED) is 0.485. The highest BCUT2D eigenvalue weighted by atomic mass is 16.5. The van der Waals surface area contributed by atoms with E-state index in [0.29, 0.717) is 26.2 Å². The van der Waals surface area contributed by atoms with Crippen LogP contribution >= 0.6 is 0 Å². The lowest BCUT2D eigenvalue weighted by atomic mass is 9.85. The molecule has 9 heteroatoms. The Kier molecular flexibility index (Phi) is 7.39. The van der Waals surface area contributed by atoms with Crippen molar-refractivity contribution in [2.75, 3.05) is 52.5 Å². The lowest BCUT2D eigenvalue weighted by molar-refractivity contribution is -0.122. The number of β-amino-alcohol motifs (C(OH)–C–C–N with tert-alkyl or cyclic N) is 1. The van der Waals surface area contributed by atoms with E-state index in [4.69, 9.17) is 9.84 Å². The number of carbonyl (C=O) groups excluding carboxylic acids is 2. The van der Waals surface area contributed by atoms with Crippen molar-refractivity contribution in [1.82, 2.24) is 25.8 Å². The molecule has 4 rings (SSSR count). The molecule has 3 aliphatic rings. The number of piperazine rings is 1. The monoisotopic (exact) mass is 431 g/mol. The number of ether oxygens (including phenoxy) is 1. The van der Waals surface area contributed by atoms with Gasteiger partial charge >= 0.3 is 6.03 Å². The number of fused-ring (bicyclic) bond motifs is 1. The van der Waals surface area contributed by atoms with Gasteiger partial charge in [-0.25, -0.2) is 4.79 Å². The first-order chi connectivity index (χ1) is 15.1. The first kappa shape index (κ1) is 22.0. The number of aliphatic hydroxyl groups excluding tert-OH is 1. The SMILES string of the molecule is O=C(CN1CCN(CCO)CC1)NCc1ccc([C@@H]2NC(=O)N[C@H]3OCCC[C@H]32)cc1. The summed E-state index contributed by atoms with van der Waals surface area (Å²) in [6.45, 7) is 5.90. The predicted octanol–water partition coefficient (Wildman–Crippen LogP) is 0.0193. The topological polar surface area (TPSA) is 106 Å². The van der Waals surface area contributed by atoms with E-state index in [1.807, 2.05) is 24.3 Å². The molecule has 0 bridgehead atoms. The van der Waals surface area contributed by atoms with Gasteiger partial charge in [0.1, 0.15) is 6.23 Å². The fraction of sp³-hybridized carbons (Fsp3) is 0.636. The van der Waals surface area contributed by atoms with Crippen molar-refractivity contribution < 1.29 is 19.4 Å². The van der Waals surface area contributed by atoms with Crippen LogP contribution in [0.1, 0.15) is 30.0 Å². The van der Waals surface area contributed by atoms with Crippen LogP contribution in [-0.4, -0.2) is 85.6 Å². The Hall–Kier alpha value is -2.20. The summed E-state index contributed by atoms with van der Waals surface area (Å²) in [4.78, 5) is 28.7. The number of nitrogens with one attached hydrogen (secondary N) is 3. The van der Waals surface area contributed by atoms with Gasteiger partial charge in [0, 0.05) is 51.8 Å². The van der Waals surface area contributed by atoms with Gasteiger partial charge in [-0.3, -0.25) is 14.6 Å². The zero-order chi connectivity index (χ0) is 21.6. The van der Waals surface area contributed by atoms with Crippen molar-refractivity contribution in [3.63, 3.8) is 0 Å². The van der Waals surface area contributed by atoms with Crippen LogP contribution in [-0.2, 0) is 16.1 Å². The maximum atomic E-state index is 12.3. The second-order valence-electron chi connectivity index (χ2n) is 8.55. The van der Waals surface area contributed by atoms with Gasteiger partial charge in [0.15, 0.2) is 0 Å². The molecule has 3 saturated heterocycles. The smallest absolute Gasteiger partial charge is 0.317 e. The van der Waals surface area contributed by atoms with Crippen LogP contribution in [0, 0.1) is 5.92 Å². The van der Waals surface area contributed by atoms with Gasteiger partial charge in [0.2, 0.25) is 5.91 Å². The lowest BCUT2D eigenvalue weighted by Crippen LogP contribution is -2.58. The second kappa shape index (κ2) is 10.4. The van der Waals surface area contributed by atoms with Gasteiger partial charge in [-0.05, 0) is 24.0 Å². The number of hydrogen-bond acceptors (Lipinski definition) is 6. The molecule has 0 aromatic heterocycles. The van der Waals surface area contributed by atoms with Gasteiger partial charge in [0.05, 0.1) is 19.2 Å². The molecule has 9 nitrogen and oxygen atoms in total. The van der Waals surface area contributed by atoms with Crippen molar-refractivity contribution >= 4 is 11.9 Å². The molecule has 4 N–H and O–H groups in total. The van der Waals surface area contributed by atoms with Gasteiger partial charge in [-0.2, -0.15) is 0 Å². The Bertz CT molecular complexity index is 751. The van der Waals surface area contributed by atoms with Crippen molar-refractivity contribution in [3.05, 3.63) is 35.4 Å². The van der Waals surface area contributed by atoms with Crippen molar-refractivity contribution in [2.45, 2.75) is 31.7 Å². The molecular formula is C22H33N5O4. The molecule has 3 heterocycles. The van der Waals surface area contributed by atoms with Crippen molar-refractivity contribution in [2.24, 2.45) is 5.92 Å². The number of hydrogen-bond donors (Lipinski definition) is 4. The zero-order valence-corrected chi connectivity index (χ0v) is 17.9. The average molecular weight is 432 g/mol. The highest BCUT2D eigenvalue weighted by Crippen LogP contribution is 2.34. The number of nitrogens with zero attached hydrogens (tertiary/aromatic N) is 2. The van der Waals surface area contributed by atoms with Crippen LogP contribution in [0.4, 0.5) is 4.79 Å². The molecule has 31 heavy (non-hydrogen) atoms. The summed E-state index contributed by atoms with van der Waals surface area (Å²) in [5, 5.41) is 17.9. The van der Waals surface area contributed by atoms with E-state index >= 15 is 0 Å². The van der Waals surface area contributed by atoms with Crippen LogP contribution in [0.3, 0.4) is 0 Å². The summed E-state index contributed by atoms with van der Waals surface area (Å²) in [6.07, 6.45) is 1.78. The Morgan fingerprint density at radius 3 is 2.61 bits per heavy atom. The molecule has 0 aliphatic carbocycles. The van der Waals surface area contributed by atoms with E-state index in [2.05, 4.69) is 25.8 Å². The molecule has 0 spiro atoms. The fourth-order valence-electron chi connectivity index (χ4n) is 4.66. The number of urea groups is 1. The largest absolute Gasteiger partial charge is 0.395 e. The Balaban J connectivity index is 1.25. The number of carbonyl (C=O) groups is 2. The van der Waals surface area contributed by atoms with Crippen LogP contribution in [0.25, 0.3) is 0 Å². The molecule has 3 aliphatic heterocycles. The molecule has 1 aromatic rings. The van der Waals surface area contributed by atoms with Crippen LogP contribution in [0.2, 0.25) is 0 Å². The van der Waals surface area contributed by atoms with E-state index in [9.17, 15) is 9.59 Å². The Morgan fingerprint density at radius 2 is 1.87 bits per heavy atom. The predicted molar refractivity (Wildman–Crippen MR) is 115 cm³/mol. The number of amides is 3. The summed E-state index contributed by atoms with van der Waals surface area (Å²) >= 11 is 0. The first-order valence-corrected chi connectivity index (χ1v) is 11.2. The van der Waals surface area contributed by atoms with Crippen molar-refractivity contribution in [1.29, 1.82) is 0 Å². The standard InChI is InChI=1S/C22H33N5O4/c28-12-11-26-7-9-27(10-8-26)15-19(29)23-14-16-3-5-17(6-4-16)20-18-2-1-13-31-21(18)25-22(30)24-20/h3-6,18,20-21,28H,1-2,7-15H2,(H,23,29)(H2,24,25,30)/t18-,20-,21-/m0/s1. The minimum Gasteiger partial charge on any atom is -0.395 e. The molecule has 3 atom stereocenters. The third-order valence-electron chi connectivity index (χ3n) is 6.43. The summed E-state index contributed by atoms with van der Waals surface area (Å²) in [6, 6.07) is 7.83. The second-order valence-corrected chi connectivity index (χ2v) is 8.55. The normalized spacial score (nSPS) is 27.1. The lowest BCUT2D eigenvalue weighted by Gasteiger charge is -2.41. The minimum absolute atomic E-state index is 0.0208. The van der Waals surface area contributed by atoms with E-state index in [-0.39, 0.29) is 36.7 Å². The maximum Gasteiger partial charge on any atom is 0.317 e. The molecule has 0 saturated carbocycles. The summed E-state index contributed by atoms with van der Waals surface area (Å²) in [7, 11) is 0. The van der Waals surface area contributed by atoms with E-state index < -0.39 is 0 Å². The molecule has 0 unspecified atom stereocenters. The first-order valence-electron chi connectivity index (χ1n) is 11.2. The molecular weight excluding hydrogens is 398 g/mol. The zero-order valence-electron chi connectivity index (χ0n) is 17.9. The van der Waals surface area contributed by atoms with Crippen LogP contribution in [0.15, 0.2) is 24.3 Å². The summed E-state index contributed by atoms with van der Waals surface area (Å²) in [5.74, 6) is 0.238. The average Bonchev–Trinajstić information content (AvgIpc) is 2.79. The number of aliphatic hydroxyl groups is 1. The third kappa shape index (κ3) is 5.74. The van der Waals surface area contributed by atoms with Gasteiger partial charge < -0.3 is 25.8 Å². The van der Waals surface area contributed by atoms with E-state index in [1.54, 1.807) is 0 Å². The number of rotatable bonds is 7. The highest BCUT2D eigenvalue weighted by Gasteiger charge is 2.39. The Morgan fingerprint density at radius 1 is 1.13 bits per heavy atom. The van der Waals surface area contributed by atoms with Gasteiger partial charge in [-0.1, -0.05) is 24.3 Å². The van der Waals surface area contributed by atoms with E-state index in [1.165, 1.54) is 0 Å². The maximum absolute atomic E-state index is 12.3. The summed E-state index contributed by atoms with van der Waals surface area (Å²) < 4.78 is 5.74. The molecule has 3 fully saturated rings. The highest BCUT2D eigenvalue weighted by molar-refractivity contribution is 5.78. The summed E-state index contributed by atoms with van der Waals surface area (Å²) in [5.41, 5.74) is 2.09.